The molecule has 0 fully saturated rings. The number of rotatable bonds is 6. The van der Waals surface area contributed by atoms with E-state index in [-0.39, 0.29) is 0 Å². The highest BCUT2D eigenvalue weighted by Gasteiger charge is 2.18. The lowest BCUT2D eigenvalue weighted by atomic mass is 10.0. The minimum atomic E-state index is 0.604. The Bertz CT molecular complexity index is 2480. The van der Waals surface area contributed by atoms with Gasteiger partial charge in [0.2, 0.25) is 5.89 Å². The zero-order chi connectivity index (χ0) is 31.2. The maximum absolute atomic E-state index is 6.26. The smallest absolute Gasteiger partial charge is 0.227 e. The van der Waals surface area contributed by atoms with Crippen molar-refractivity contribution < 1.29 is 8.83 Å². The first-order chi connectivity index (χ1) is 23.3. The van der Waals surface area contributed by atoms with Crippen LogP contribution < -0.4 is 4.90 Å². The molecule has 0 unspecified atom stereocenters. The van der Waals surface area contributed by atoms with Gasteiger partial charge in [-0.15, -0.1) is 0 Å². The van der Waals surface area contributed by atoms with Gasteiger partial charge in [0.05, 0.1) is 5.39 Å². The van der Waals surface area contributed by atoms with Gasteiger partial charge in [0.15, 0.2) is 5.58 Å². The summed E-state index contributed by atoms with van der Waals surface area (Å²) in [6, 6.07) is 58.7. The fraction of sp³-hybridized carbons (Fsp3) is 0. The minimum absolute atomic E-state index is 0.604. The van der Waals surface area contributed by atoms with Crippen molar-refractivity contribution in [3.8, 4) is 33.7 Å². The summed E-state index contributed by atoms with van der Waals surface area (Å²) >= 11 is 0. The number of fused-ring (bicyclic) bond motifs is 5. The number of para-hydroxylation sites is 1. The van der Waals surface area contributed by atoms with Crippen LogP contribution in [0.4, 0.5) is 17.1 Å². The molecule has 0 atom stereocenters. The molecule has 0 N–H and O–H groups in total. The molecule has 7 aromatic carbocycles. The molecule has 4 heteroatoms. The second-order valence-corrected chi connectivity index (χ2v) is 11.6. The van der Waals surface area contributed by atoms with Crippen molar-refractivity contribution in [3.05, 3.63) is 170 Å². The first-order valence-electron chi connectivity index (χ1n) is 15.7. The number of aromatic nitrogens is 1. The summed E-state index contributed by atoms with van der Waals surface area (Å²) in [4.78, 5) is 7.20. The Labute approximate surface area is 271 Å². The topological polar surface area (TPSA) is 42.4 Å². The Hall–Kier alpha value is -6.39. The lowest BCUT2D eigenvalue weighted by molar-refractivity contribution is 0.619. The van der Waals surface area contributed by atoms with Crippen molar-refractivity contribution in [3.63, 3.8) is 0 Å². The number of benzene rings is 7. The van der Waals surface area contributed by atoms with Crippen molar-refractivity contribution in [1.82, 2.24) is 4.98 Å². The van der Waals surface area contributed by atoms with Crippen molar-refractivity contribution in [2.75, 3.05) is 4.90 Å². The second kappa shape index (κ2) is 11.2. The fourth-order valence-electron chi connectivity index (χ4n) is 6.40. The Morgan fingerprint density at radius 3 is 1.53 bits per heavy atom. The van der Waals surface area contributed by atoms with E-state index in [9.17, 15) is 0 Å². The maximum atomic E-state index is 6.26. The van der Waals surface area contributed by atoms with Crippen LogP contribution in [0, 0.1) is 0 Å². The van der Waals surface area contributed by atoms with Crippen LogP contribution in [0.3, 0.4) is 0 Å². The van der Waals surface area contributed by atoms with Crippen LogP contribution in [0.1, 0.15) is 0 Å². The highest BCUT2D eigenvalue weighted by Crippen LogP contribution is 2.40. The number of furan rings is 1. The zero-order valence-corrected chi connectivity index (χ0v) is 25.4. The summed E-state index contributed by atoms with van der Waals surface area (Å²) in [5, 5.41) is 1.99. The molecule has 0 aliphatic heterocycles. The molecular formula is C43H28N2O2. The Morgan fingerprint density at radius 1 is 0.383 bits per heavy atom. The largest absolute Gasteiger partial charge is 0.456 e. The van der Waals surface area contributed by atoms with E-state index in [1.807, 2.05) is 60.7 Å². The molecule has 0 aliphatic rings. The summed E-state index contributed by atoms with van der Waals surface area (Å²) in [7, 11) is 0. The molecule has 0 amide bonds. The number of hydrogen-bond donors (Lipinski definition) is 0. The number of hydrogen-bond acceptors (Lipinski definition) is 4. The molecular weight excluding hydrogens is 576 g/mol. The quantitative estimate of drug-likeness (QED) is 0.189. The van der Waals surface area contributed by atoms with Gasteiger partial charge in [-0.2, -0.15) is 0 Å². The molecule has 2 aromatic heterocycles. The third-order valence-corrected chi connectivity index (χ3v) is 8.72. The molecule has 0 radical (unpaired) electrons. The van der Waals surface area contributed by atoms with Crippen LogP contribution in [-0.4, -0.2) is 4.98 Å². The van der Waals surface area contributed by atoms with Gasteiger partial charge in [-0.05, 0) is 95.1 Å². The second-order valence-electron chi connectivity index (χ2n) is 11.6. The van der Waals surface area contributed by atoms with Crippen LogP contribution in [0.15, 0.2) is 179 Å². The molecule has 0 bridgehead atoms. The van der Waals surface area contributed by atoms with E-state index < -0.39 is 0 Å². The van der Waals surface area contributed by atoms with Crippen LogP contribution in [0.5, 0.6) is 0 Å². The highest BCUT2D eigenvalue weighted by molar-refractivity contribution is 6.17. The predicted octanol–water partition coefficient (Wildman–Crippen LogP) is 12.2. The van der Waals surface area contributed by atoms with E-state index in [4.69, 9.17) is 13.8 Å². The van der Waals surface area contributed by atoms with Crippen molar-refractivity contribution in [2.24, 2.45) is 0 Å². The van der Waals surface area contributed by atoms with Gasteiger partial charge >= 0.3 is 0 Å². The Balaban J connectivity index is 1.09. The van der Waals surface area contributed by atoms with Gasteiger partial charge in [0.1, 0.15) is 16.7 Å². The Kier molecular flexibility index (Phi) is 6.43. The first-order valence-corrected chi connectivity index (χ1v) is 15.7. The number of nitrogens with zero attached hydrogens (tertiary/aromatic N) is 2. The van der Waals surface area contributed by atoms with Gasteiger partial charge in [-0.3, -0.25) is 0 Å². The molecule has 222 valence electrons. The summed E-state index contributed by atoms with van der Waals surface area (Å²) in [5.41, 5.74) is 12.0. The van der Waals surface area contributed by atoms with Crippen molar-refractivity contribution >= 4 is 50.1 Å². The third kappa shape index (κ3) is 4.84. The number of oxazole rings is 1. The van der Waals surface area contributed by atoms with Gasteiger partial charge in [-0.1, -0.05) is 97.1 Å². The molecule has 9 rings (SSSR count). The van der Waals surface area contributed by atoms with E-state index in [1.165, 1.54) is 11.1 Å². The molecule has 4 nitrogen and oxygen atoms in total. The normalized spacial score (nSPS) is 11.4. The minimum Gasteiger partial charge on any atom is -0.456 e. The Morgan fingerprint density at radius 2 is 0.872 bits per heavy atom. The molecule has 0 saturated carbocycles. The van der Waals surface area contributed by atoms with Crippen LogP contribution in [0.2, 0.25) is 0 Å². The third-order valence-electron chi connectivity index (χ3n) is 8.72. The van der Waals surface area contributed by atoms with Crippen LogP contribution >= 0.6 is 0 Å². The first kappa shape index (κ1) is 27.0. The maximum Gasteiger partial charge on any atom is 0.227 e. The summed E-state index contributed by atoms with van der Waals surface area (Å²) in [6.07, 6.45) is 0. The molecule has 9 aromatic rings. The SMILES string of the molecule is c1ccc(-c2ccc(N(c3ccccc3)c3ccc(-c4ccc5oc6ccc7oc(-c8ccccc8)nc7c6c5c4)cc3)cc2)cc1. The number of anilines is 3. The summed E-state index contributed by atoms with van der Waals surface area (Å²) in [6.45, 7) is 0. The molecule has 47 heavy (non-hydrogen) atoms. The predicted molar refractivity (Wildman–Crippen MR) is 192 cm³/mol. The van der Waals surface area contributed by atoms with E-state index in [1.54, 1.807) is 0 Å². The van der Waals surface area contributed by atoms with E-state index in [0.29, 0.717) is 5.89 Å². The van der Waals surface area contributed by atoms with Crippen molar-refractivity contribution in [2.45, 2.75) is 0 Å². The van der Waals surface area contributed by atoms with E-state index in [0.717, 1.165) is 66.8 Å². The monoisotopic (exact) mass is 604 g/mol. The highest BCUT2D eigenvalue weighted by atomic mass is 16.4. The fourth-order valence-corrected chi connectivity index (χ4v) is 6.40. The van der Waals surface area contributed by atoms with Crippen LogP contribution in [-0.2, 0) is 0 Å². The van der Waals surface area contributed by atoms with Gasteiger partial charge < -0.3 is 13.7 Å². The zero-order valence-electron chi connectivity index (χ0n) is 25.4. The lowest BCUT2D eigenvalue weighted by Crippen LogP contribution is -2.09. The lowest BCUT2D eigenvalue weighted by Gasteiger charge is -2.26. The van der Waals surface area contributed by atoms with Gasteiger partial charge in [0.25, 0.3) is 0 Å². The average Bonchev–Trinajstić information content (AvgIpc) is 3.75. The summed E-state index contributed by atoms with van der Waals surface area (Å²) in [5.74, 6) is 0.604. The van der Waals surface area contributed by atoms with E-state index >= 15 is 0 Å². The van der Waals surface area contributed by atoms with Gasteiger partial charge in [-0.25, -0.2) is 4.98 Å². The standard InChI is InChI=1S/C43H28N2O2/c1-4-10-29(11-5-1)30-16-21-35(22-17-30)45(34-14-8-3-9-15-34)36-23-18-31(19-24-36)33-20-25-38-37(28-33)41-39(46-38)26-27-40-42(41)44-43(47-40)32-12-6-2-7-13-32/h1-28H. The van der Waals surface area contributed by atoms with Crippen molar-refractivity contribution in [1.29, 1.82) is 0 Å². The molecule has 0 saturated heterocycles. The molecule has 2 heterocycles. The molecule has 0 aliphatic carbocycles. The van der Waals surface area contributed by atoms with Gasteiger partial charge in [0, 0.05) is 28.0 Å². The molecule has 0 spiro atoms. The van der Waals surface area contributed by atoms with E-state index in [2.05, 4.69) is 114 Å². The summed E-state index contributed by atoms with van der Waals surface area (Å²) < 4.78 is 12.4. The van der Waals surface area contributed by atoms with Crippen LogP contribution in [0.25, 0.3) is 66.7 Å². The average molecular weight is 605 g/mol.